The molecule has 0 aliphatic carbocycles. The van der Waals surface area contributed by atoms with Gasteiger partial charge in [-0.2, -0.15) is 0 Å². The summed E-state index contributed by atoms with van der Waals surface area (Å²) < 4.78 is 58.2. The topological polar surface area (TPSA) is 124 Å². The number of hydrogen-bond acceptors (Lipinski definition) is 8. The second-order valence-corrected chi connectivity index (χ2v) is 8.29. The molecule has 2 aromatic rings. The molecular formula is C21H25F2N3O7S. The maximum atomic E-state index is 14.6. The van der Waals surface area contributed by atoms with E-state index in [1.165, 1.54) is 31.8 Å². The first-order chi connectivity index (χ1) is 16.3. The second kappa shape index (κ2) is 13.7. The summed E-state index contributed by atoms with van der Waals surface area (Å²) >= 11 is -2.23. The number of carbonyl (C=O) groups excluding carboxylic acids is 2. The summed E-state index contributed by atoms with van der Waals surface area (Å²) in [6, 6.07) is 9.63. The van der Waals surface area contributed by atoms with Crippen molar-refractivity contribution >= 4 is 23.4 Å². The minimum atomic E-state index is -2.23. The number of hydroxylamine groups is 1. The largest absolute Gasteiger partial charge is 0.593 e. The molecule has 0 aliphatic heterocycles. The molecule has 0 aromatic heterocycles. The zero-order chi connectivity index (χ0) is 25.1. The maximum absolute atomic E-state index is 14.6. The van der Waals surface area contributed by atoms with Crippen LogP contribution in [0.5, 0.6) is 11.5 Å². The van der Waals surface area contributed by atoms with Gasteiger partial charge in [-0.1, -0.05) is 18.2 Å². The van der Waals surface area contributed by atoms with Crippen molar-refractivity contribution in [2.45, 2.75) is 4.90 Å². The fourth-order valence-electron chi connectivity index (χ4n) is 2.58. The number of para-hydroxylation sites is 1. The lowest BCUT2D eigenvalue weighted by Crippen LogP contribution is -2.44. The van der Waals surface area contributed by atoms with Gasteiger partial charge in [-0.3, -0.25) is 10.0 Å². The van der Waals surface area contributed by atoms with Gasteiger partial charge in [-0.05, 0) is 12.1 Å². The summed E-state index contributed by atoms with van der Waals surface area (Å²) in [6.45, 7) is -0.551. The Morgan fingerprint density at radius 3 is 2.35 bits per heavy atom. The lowest BCUT2D eigenvalue weighted by atomic mass is 10.3. The van der Waals surface area contributed by atoms with Gasteiger partial charge in [-0.15, -0.1) is 4.31 Å². The summed E-state index contributed by atoms with van der Waals surface area (Å²) in [6.07, 6.45) is -0.686. The molecule has 10 nitrogen and oxygen atoms in total. The molecular weight excluding hydrogens is 476 g/mol. The van der Waals surface area contributed by atoms with Crippen LogP contribution in [-0.4, -0.2) is 78.0 Å². The molecule has 0 saturated heterocycles. The van der Waals surface area contributed by atoms with Crippen molar-refractivity contribution in [3.05, 3.63) is 54.1 Å². The molecule has 1 atom stereocenters. The molecule has 0 bridgehead atoms. The molecule has 1 unspecified atom stereocenters. The zero-order valence-corrected chi connectivity index (χ0v) is 19.3. The Morgan fingerprint density at radius 2 is 1.76 bits per heavy atom. The molecule has 0 aliphatic rings. The fourth-order valence-corrected chi connectivity index (χ4v) is 3.77. The summed E-state index contributed by atoms with van der Waals surface area (Å²) in [5.41, 5.74) is 1.40. The smallest absolute Gasteiger partial charge is 0.409 e. The fraction of sp³-hybridized carbons (Fsp3) is 0.333. The summed E-state index contributed by atoms with van der Waals surface area (Å²) in [7, 11) is 2.86. The van der Waals surface area contributed by atoms with Crippen molar-refractivity contribution in [2.75, 3.05) is 47.0 Å². The molecule has 0 fully saturated rings. The highest BCUT2D eigenvalue weighted by Gasteiger charge is 2.29. The number of halogens is 2. The highest BCUT2D eigenvalue weighted by molar-refractivity contribution is 7.89. The van der Waals surface area contributed by atoms with E-state index in [9.17, 15) is 22.9 Å². The van der Waals surface area contributed by atoms with Gasteiger partial charge in [0.25, 0.3) is 5.91 Å². The zero-order valence-electron chi connectivity index (χ0n) is 18.5. The normalized spacial score (nSPS) is 11.7. The van der Waals surface area contributed by atoms with Gasteiger partial charge in [0, 0.05) is 32.8 Å². The minimum absolute atomic E-state index is 0.0260. The summed E-state index contributed by atoms with van der Waals surface area (Å²) in [5.74, 6) is -3.58. The average Bonchev–Trinajstić information content (AvgIpc) is 2.83. The number of nitrogens with zero attached hydrogens (tertiary/aromatic N) is 2. The van der Waals surface area contributed by atoms with Crippen LogP contribution in [0, 0.1) is 11.6 Å². The Labute approximate surface area is 198 Å². The van der Waals surface area contributed by atoms with E-state index in [1.54, 1.807) is 18.2 Å². The van der Waals surface area contributed by atoms with Crippen LogP contribution in [0.4, 0.5) is 13.6 Å². The van der Waals surface area contributed by atoms with Gasteiger partial charge >= 0.3 is 6.09 Å². The van der Waals surface area contributed by atoms with Crippen molar-refractivity contribution in [1.82, 2.24) is 14.7 Å². The number of ether oxygens (including phenoxy) is 3. The van der Waals surface area contributed by atoms with Crippen molar-refractivity contribution in [3.8, 4) is 11.5 Å². The van der Waals surface area contributed by atoms with Gasteiger partial charge in [0.1, 0.15) is 18.9 Å². The van der Waals surface area contributed by atoms with Gasteiger partial charge in [0.15, 0.2) is 22.3 Å². The first kappa shape index (κ1) is 27.3. The molecule has 2 aromatic carbocycles. The molecule has 0 saturated carbocycles. The molecule has 13 heteroatoms. The van der Waals surface area contributed by atoms with Crippen LogP contribution in [0.1, 0.15) is 0 Å². The predicted octanol–water partition coefficient (Wildman–Crippen LogP) is 2.30. The second-order valence-electron chi connectivity index (χ2n) is 6.81. The first-order valence-corrected chi connectivity index (χ1v) is 11.1. The van der Waals surface area contributed by atoms with Crippen molar-refractivity contribution in [1.29, 1.82) is 0 Å². The van der Waals surface area contributed by atoms with Gasteiger partial charge in [-0.25, -0.2) is 19.1 Å². The molecule has 0 heterocycles. The van der Waals surface area contributed by atoms with E-state index >= 15 is 0 Å². The predicted molar refractivity (Wildman–Crippen MR) is 117 cm³/mol. The molecule has 0 radical (unpaired) electrons. The quantitative estimate of drug-likeness (QED) is 0.197. The summed E-state index contributed by atoms with van der Waals surface area (Å²) in [5, 5.41) is 8.83. The summed E-state index contributed by atoms with van der Waals surface area (Å²) in [4.78, 5) is 24.5. The van der Waals surface area contributed by atoms with E-state index in [0.717, 1.165) is 21.3 Å². The SMILES string of the molecule is COCCOC(=O)N(C)CCN(CC(=O)NO)[S+]([O-])c1cc(F)c(Oc2ccccc2)c(F)c1. The molecule has 2 rings (SSSR count). The number of rotatable bonds is 12. The standard InChI is InChI=1S/C21H25F2N3O7S/c1-25(21(28)32-11-10-31-2)8-9-26(14-19(27)24-29)34(30)16-12-17(22)20(18(23)13-16)33-15-6-4-3-5-7-15/h3-7,12-13,29H,8-11,14H2,1-2H3,(H,24,27). The number of methoxy groups -OCH3 is 1. The highest BCUT2D eigenvalue weighted by atomic mass is 32.2. The molecule has 2 N–H and O–H groups in total. The maximum Gasteiger partial charge on any atom is 0.409 e. The van der Waals surface area contributed by atoms with E-state index in [-0.39, 0.29) is 36.9 Å². The van der Waals surface area contributed by atoms with Gasteiger partial charge in [0.05, 0.1) is 24.5 Å². The van der Waals surface area contributed by atoms with Crippen LogP contribution >= 0.6 is 0 Å². The number of likely N-dealkylation sites (N-methyl/N-ethyl adjacent to an activating group) is 1. The molecule has 34 heavy (non-hydrogen) atoms. The van der Waals surface area contributed by atoms with E-state index in [1.807, 2.05) is 0 Å². The van der Waals surface area contributed by atoms with Crippen LogP contribution in [-0.2, 0) is 25.6 Å². The third-order valence-electron chi connectivity index (χ3n) is 4.33. The third-order valence-corrected chi connectivity index (χ3v) is 5.74. The lowest BCUT2D eigenvalue weighted by molar-refractivity contribution is -0.129. The van der Waals surface area contributed by atoms with Crippen LogP contribution in [0.2, 0.25) is 0 Å². The van der Waals surface area contributed by atoms with Crippen molar-refractivity contribution in [2.24, 2.45) is 0 Å². The first-order valence-electron chi connectivity index (χ1n) is 9.95. The Morgan fingerprint density at radius 1 is 1.12 bits per heavy atom. The lowest BCUT2D eigenvalue weighted by Gasteiger charge is -2.25. The van der Waals surface area contributed by atoms with E-state index < -0.39 is 47.3 Å². The van der Waals surface area contributed by atoms with Crippen molar-refractivity contribution < 1.29 is 42.3 Å². The van der Waals surface area contributed by atoms with Crippen LogP contribution in [0.15, 0.2) is 47.4 Å². The van der Waals surface area contributed by atoms with Crippen molar-refractivity contribution in [3.63, 3.8) is 0 Å². The number of nitrogens with one attached hydrogen (secondary N) is 1. The Hall–Kier alpha value is -2.97. The van der Waals surface area contributed by atoms with E-state index in [2.05, 4.69) is 0 Å². The monoisotopic (exact) mass is 501 g/mol. The molecule has 186 valence electrons. The minimum Gasteiger partial charge on any atom is -0.593 e. The Balaban J connectivity index is 2.14. The average molecular weight is 502 g/mol. The number of carbonyl (C=O) groups is 2. The van der Waals surface area contributed by atoms with Gasteiger partial charge < -0.3 is 23.7 Å². The van der Waals surface area contributed by atoms with E-state index in [0.29, 0.717) is 0 Å². The van der Waals surface area contributed by atoms with Gasteiger partial charge in [0.2, 0.25) is 0 Å². The number of hydrogen-bond donors (Lipinski definition) is 2. The van der Waals surface area contributed by atoms with E-state index in [4.69, 9.17) is 19.4 Å². The molecule has 2 amide bonds. The Kier molecular flexibility index (Phi) is 11.0. The number of benzene rings is 2. The van der Waals surface area contributed by atoms with Crippen LogP contribution < -0.4 is 10.2 Å². The van der Waals surface area contributed by atoms with Crippen LogP contribution in [0.3, 0.4) is 0 Å². The van der Waals surface area contributed by atoms with Crippen LogP contribution in [0.25, 0.3) is 0 Å². The number of amides is 2. The highest BCUT2D eigenvalue weighted by Crippen LogP contribution is 2.30. The Bertz CT molecular complexity index is 932. The third kappa shape index (κ3) is 8.11. The molecule has 0 spiro atoms.